The number of benzene rings is 2. The normalized spacial score (nSPS) is 12.9. The molecule has 1 aromatic heterocycles. The van der Waals surface area contributed by atoms with Gasteiger partial charge in [0.25, 0.3) is 0 Å². The molecule has 0 saturated heterocycles. The second-order valence-corrected chi connectivity index (χ2v) is 9.30. The molecule has 0 aliphatic heterocycles. The van der Waals surface area contributed by atoms with Gasteiger partial charge in [-0.25, -0.2) is 17.7 Å². The van der Waals surface area contributed by atoms with Crippen molar-refractivity contribution >= 4 is 27.7 Å². The number of ketones is 2. The number of allylic oxidation sites excluding steroid dienone is 1. The second kappa shape index (κ2) is 9.20. The van der Waals surface area contributed by atoms with Crippen molar-refractivity contribution in [3.05, 3.63) is 90.0 Å². The van der Waals surface area contributed by atoms with Gasteiger partial charge >= 0.3 is 0 Å². The van der Waals surface area contributed by atoms with E-state index in [-0.39, 0.29) is 10.7 Å². The van der Waals surface area contributed by atoms with Crippen LogP contribution in [0.2, 0.25) is 0 Å². The fourth-order valence-corrected chi connectivity index (χ4v) is 3.94. The van der Waals surface area contributed by atoms with Gasteiger partial charge < -0.3 is 4.57 Å². The summed E-state index contributed by atoms with van der Waals surface area (Å²) in [6.45, 7) is 0. The summed E-state index contributed by atoms with van der Waals surface area (Å²) in [4.78, 5) is 30.5. The predicted molar refractivity (Wildman–Crippen MR) is 118 cm³/mol. The summed E-state index contributed by atoms with van der Waals surface area (Å²) in [5.41, 5.74) is 1.06. The Morgan fingerprint density at radius 1 is 1.03 bits per heavy atom. The molecule has 1 heterocycles. The quantitative estimate of drug-likeness (QED) is 0.307. The third-order valence-electron chi connectivity index (χ3n) is 4.82. The van der Waals surface area contributed by atoms with E-state index in [1.54, 1.807) is 72.5 Å². The highest BCUT2D eigenvalue weighted by Gasteiger charge is 2.31. The summed E-state index contributed by atoms with van der Waals surface area (Å²) in [6.07, 6.45) is 6.11. The molecule has 160 valence electrons. The standard InChI is InChI=1S/C23H23N3O4S/c1-25(2)31(29,30)19-12-9-17(10-13-19)11-14-20(27)21(23-24-15-16-26(23)3)22(28)18-7-5-4-6-8-18/h4-16,21H,1-3H3/b14-11+. The van der Waals surface area contributed by atoms with Gasteiger partial charge in [-0.05, 0) is 23.8 Å². The van der Waals surface area contributed by atoms with Gasteiger partial charge in [0, 0.05) is 39.1 Å². The molecule has 1 atom stereocenters. The molecule has 0 radical (unpaired) electrons. The Labute approximate surface area is 181 Å². The van der Waals surface area contributed by atoms with Crippen LogP contribution in [0.15, 0.2) is 78.0 Å². The van der Waals surface area contributed by atoms with Crippen molar-refractivity contribution in [2.75, 3.05) is 14.1 Å². The Morgan fingerprint density at radius 3 is 2.23 bits per heavy atom. The highest BCUT2D eigenvalue weighted by Crippen LogP contribution is 2.22. The Balaban J connectivity index is 1.88. The third kappa shape index (κ3) is 4.87. The molecule has 8 heteroatoms. The minimum absolute atomic E-state index is 0.158. The molecule has 0 amide bonds. The molecule has 3 rings (SSSR count). The van der Waals surface area contributed by atoms with Crippen LogP contribution in [0.5, 0.6) is 0 Å². The summed E-state index contributed by atoms with van der Waals surface area (Å²) in [5.74, 6) is -1.46. The van der Waals surface area contributed by atoms with E-state index in [4.69, 9.17) is 0 Å². The van der Waals surface area contributed by atoms with Gasteiger partial charge in [-0.2, -0.15) is 0 Å². The first-order valence-electron chi connectivity index (χ1n) is 9.53. The lowest BCUT2D eigenvalue weighted by Crippen LogP contribution is -2.24. The molecule has 0 N–H and O–H groups in total. The number of rotatable bonds is 8. The van der Waals surface area contributed by atoms with Crippen molar-refractivity contribution in [3.63, 3.8) is 0 Å². The fraction of sp³-hybridized carbons (Fsp3) is 0.174. The molecule has 0 saturated carbocycles. The molecule has 2 aromatic carbocycles. The first-order chi connectivity index (χ1) is 14.7. The molecule has 0 aliphatic rings. The van der Waals surface area contributed by atoms with Gasteiger partial charge in [0.2, 0.25) is 10.0 Å². The second-order valence-electron chi connectivity index (χ2n) is 7.15. The highest BCUT2D eigenvalue weighted by molar-refractivity contribution is 7.89. The van der Waals surface area contributed by atoms with E-state index in [1.165, 1.54) is 32.3 Å². The van der Waals surface area contributed by atoms with Gasteiger partial charge in [-0.15, -0.1) is 0 Å². The van der Waals surface area contributed by atoms with E-state index >= 15 is 0 Å². The van der Waals surface area contributed by atoms with Crippen molar-refractivity contribution in [1.82, 2.24) is 13.9 Å². The maximum absolute atomic E-state index is 13.1. The SMILES string of the molecule is CN(C)S(=O)(=O)c1ccc(/C=C/C(=O)C(C(=O)c2ccccc2)c2nccn2C)cc1. The molecule has 0 fully saturated rings. The van der Waals surface area contributed by atoms with E-state index in [1.807, 2.05) is 0 Å². The van der Waals surface area contributed by atoms with Gasteiger partial charge in [-0.1, -0.05) is 48.5 Å². The monoisotopic (exact) mass is 437 g/mol. The zero-order valence-corrected chi connectivity index (χ0v) is 18.3. The number of carbonyl (C=O) groups excluding carboxylic acids is 2. The lowest BCUT2D eigenvalue weighted by atomic mass is 9.92. The maximum Gasteiger partial charge on any atom is 0.242 e. The van der Waals surface area contributed by atoms with Crippen LogP contribution in [0, 0.1) is 0 Å². The number of imidazole rings is 1. The smallest absolute Gasteiger partial charge is 0.242 e. The number of hydrogen-bond donors (Lipinski definition) is 0. The van der Waals surface area contributed by atoms with E-state index < -0.39 is 21.7 Å². The van der Waals surface area contributed by atoms with E-state index in [9.17, 15) is 18.0 Å². The molecule has 7 nitrogen and oxygen atoms in total. The van der Waals surface area contributed by atoms with Crippen LogP contribution in [0.25, 0.3) is 6.08 Å². The summed E-state index contributed by atoms with van der Waals surface area (Å²) in [6, 6.07) is 14.8. The number of nitrogens with zero attached hydrogens (tertiary/aromatic N) is 3. The largest absolute Gasteiger partial charge is 0.337 e. The number of carbonyl (C=O) groups is 2. The molecule has 1 unspecified atom stereocenters. The lowest BCUT2D eigenvalue weighted by molar-refractivity contribution is -0.115. The van der Waals surface area contributed by atoms with Crippen LogP contribution in [0.3, 0.4) is 0 Å². The Morgan fingerprint density at radius 2 is 1.68 bits per heavy atom. The Hall–Kier alpha value is -3.36. The van der Waals surface area contributed by atoms with Crippen molar-refractivity contribution in [3.8, 4) is 0 Å². The third-order valence-corrected chi connectivity index (χ3v) is 6.65. The van der Waals surface area contributed by atoms with Crippen LogP contribution in [0.4, 0.5) is 0 Å². The Bertz CT molecular complexity index is 1210. The zero-order chi connectivity index (χ0) is 22.6. The first-order valence-corrected chi connectivity index (χ1v) is 11.0. The van der Waals surface area contributed by atoms with Gasteiger partial charge in [0.15, 0.2) is 11.6 Å². The van der Waals surface area contributed by atoms with Crippen molar-refractivity contribution in [2.45, 2.75) is 10.8 Å². The van der Waals surface area contributed by atoms with E-state index in [0.717, 1.165) is 4.31 Å². The summed E-state index contributed by atoms with van der Waals surface area (Å²) in [7, 11) is 1.13. The van der Waals surface area contributed by atoms with Crippen LogP contribution in [0.1, 0.15) is 27.7 Å². The topological polar surface area (TPSA) is 89.3 Å². The summed E-state index contributed by atoms with van der Waals surface area (Å²) < 4.78 is 27.1. The molecule has 0 bridgehead atoms. The molecular formula is C23H23N3O4S. The molecule has 3 aromatic rings. The lowest BCUT2D eigenvalue weighted by Gasteiger charge is -2.13. The average Bonchev–Trinajstić information content (AvgIpc) is 3.18. The number of sulfonamides is 1. The summed E-state index contributed by atoms with van der Waals surface area (Å²) >= 11 is 0. The van der Waals surface area contributed by atoms with E-state index in [0.29, 0.717) is 17.0 Å². The highest BCUT2D eigenvalue weighted by atomic mass is 32.2. The Kier molecular flexibility index (Phi) is 6.62. The van der Waals surface area contributed by atoms with Gasteiger partial charge in [-0.3, -0.25) is 9.59 Å². The van der Waals surface area contributed by atoms with Crippen LogP contribution in [-0.2, 0) is 21.9 Å². The summed E-state index contributed by atoms with van der Waals surface area (Å²) in [5, 5.41) is 0. The van der Waals surface area contributed by atoms with Crippen LogP contribution in [-0.4, -0.2) is 47.9 Å². The minimum atomic E-state index is -3.53. The van der Waals surface area contributed by atoms with Gasteiger partial charge in [0.05, 0.1) is 4.90 Å². The van der Waals surface area contributed by atoms with Crippen LogP contribution >= 0.6 is 0 Å². The zero-order valence-electron chi connectivity index (χ0n) is 17.5. The first kappa shape index (κ1) is 22.3. The predicted octanol–water partition coefficient (Wildman–Crippen LogP) is 2.92. The number of Topliss-reactive ketones (excluding diaryl/α,β-unsaturated/α-hetero) is 1. The van der Waals surface area contributed by atoms with Crippen molar-refractivity contribution in [2.24, 2.45) is 7.05 Å². The average molecular weight is 438 g/mol. The molecule has 31 heavy (non-hydrogen) atoms. The fourth-order valence-electron chi connectivity index (χ4n) is 3.03. The molecule has 0 spiro atoms. The number of aryl methyl sites for hydroxylation is 1. The molecular weight excluding hydrogens is 414 g/mol. The van der Waals surface area contributed by atoms with E-state index in [2.05, 4.69) is 4.98 Å². The van der Waals surface area contributed by atoms with Crippen molar-refractivity contribution < 1.29 is 18.0 Å². The van der Waals surface area contributed by atoms with Gasteiger partial charge in [0.1, 0.15) is 11.7 Å². The van der Waals surface area contributed by atoms with Crippen LogP contribution < -0.4 is 0 Å². The maximum atomic E-state index is 13.1. The minimum Gasteiger partial charge on any atom is -0.337 e. The number of aromatic nitrogens is 2. The molecule has 0 aliphatic carbocycles. The number of hydrogen-bond acceptors (Lipinski definition) is 5. The van der Waals surface area contributed by atoms with Crippen molar-refractivity contribution in [1.29, 1.82) is 0 Å².